The summed E-state index contributed by atoms with van der Waals surface area (Å²) in [6.45, 7) is 3.03. The maximum atomic E-state index is 13.8. The molecule has 5 aromatic rings. The summed E-state index contributed by atoms with van der Waals surface area (Å²) < 4.78 is 2.31. The van der Waals surface area contributed by atoms with Crippen molar-refractivity contribution in [1.82, 2.24) is 4.57 Å². The van der Waals surface area contributed by atoms with Crippen LogP contribution in [0.3, 0.4) is 0 Å². The Kier molecular flexibility index (Phi) is 8.10. The molecule has 0 saturated heterocycles. The van der Waals surface area contributed by atoms with Crippen LogP contribution >= 0.6 is 11.8 Å². The highest BCUT2D eigenvalue weighted by atomic mass is 32.2. The third-order valence-electron chi connectivity index (χ3n) is 8.05. The largest absolute Gasteiger partial charge is 0.341 e. The van der Waals surface area contributed by atoms with E-state index in [1.165, 1.54) is 29.1 Å². The Bertz CT molecular complexity index is 1670. The lowest BCUT2D eigenvalue weighted by Gasteiger charge is -2.21. The fourth-order valence-electron chi connectivity index (χ4n) is 5.94. The van der Waals surface area contributed by atoms with Crippen LogP contribution in [-0.2, 0) is 16.1 Å². The zero-order valence-electron chi connectivity index (χ0n) is 23.3. The maximum absolute atomic E-state index is 13.8. The molecular formula is C35H35N3O2S. The molecule has 5 nitrogen and oxygen atoms in total. The lowest BCUT2D eigenvalue weighted by atomic mass is 9.88. The van der Waals surface area contributed by atoms with Crippen LogP contribution in [0.4, 0.5) is 11.4 Å². The van der Waals surface area contributed by atoms with Gasteiger partial charge in [-0.2, -0.15) is 0 Å². The molecule has 1 aromatic heterocycles. The van der Waals surface area contributed by atoms with E-state index in [0.717, 1.165) is 65.0 Å². The fraction of sp³-hybridized carbons (Fsp3) is 0.257. The number of amides is 2. The Labute approximate surface area is 245 Å². The first kappa shape index (κ1) is 27.2. The van der Waals surface area contributed by atoms with Crippen molar-refractivity contribution >= 4 is 56.8 Å². The molecule has 1 saturated carbocycles. The van der Waals surface area contributed by atoms with E-state index in [0.29, 0.717) is 0 Å². The van der Waals surface area contributed by atoms with Gasteiger partial charge in [-0.25, -0.2) is 0 Å². The van der Waals surface area contributed by atoms with E-state index < -0.39 is 5.25 Å². The maximum Gasteiger partial charge on any atom is 0.242 e. The number of anilines is 2. The quantitative estimate of drug-likeness (QED) is 0.186. The number of rotatable bonds is 8. The van der Waals surface area contributed by atoms with Crippen LogP contribution in [0.5, 0.6) is 0 Å². The summed E-state index contributed by atoms with van der Waals surface area (Å²) in [6.07, 6.45) is 5.44. The number of hydrogen-bond acceptors (Lipinski definition) is 3. The van der Waals surface area contributed by atoms with E-state index in [9.17, 15) is 9.59 Å². The number of fused-ring (bicyclic) bond motifs is 3. The van der Waals surface area contributed by atoms with E-state index in [2.05, 4.69) is 58.5 Å². The highest BCUT2D eigenvalue weighted by Gasteiger charge is 2.24. The minimum Gasteiger partial charge on any atom is -0.341 e. The number of carbonyl (C=O) groups excluding carboxylic acids is 2. The number of aromatic nitrogens is 1. The predicted molar refractivity (Wildman–Crippen MR) is 170 cm³/mol. The Morgan fingerprint density at radius 3 is 2.22 bits per heavy atom. The summed E-state index contributed by atoms with van der Waals surface area (Å²) >= 11 is 1.51. The zero-order chi connectivity index (χ0) is 28.2. The molecule has 0 spiro atoms. The Morgan fingerprint density at radius 1 is 0.780 bits per heavy atom. The number of benzene rings is 4. The van der Waals surface area contributed by atoms with Gasteiger partial charge in [0.2, 0.25) is 11.8 Å². The van der Waals surface area contributed by atoms with Crippen LogP contribution in [0.1, 0.15) is 49.8 Å². The minimum atomic E-state index is -0.438. The van der Waals surface area contributed by atoms with Gasteiger partial charge in [0.05, 0.1) is 0 Å². The smallest absolute Gasteiger partial charge is 0.242 e. The molecule has 4 aromatic carbocycles. The number of nitrogens with one attached hydrogen (secondary N) is 2. The van der Waals surface area contributed by atoms with Gasteiger partial charge in [-0.3, -0.25) is 9.59 Å². The number of thioether (sulfide) groups is 1. The zero-order valence-corrected chi connectivity index (χ0v) is 24.1. The first-order valence-electron chi connectivity index (χ1n) is 14.5. The van der Waals surface area contributed by atoms with Crippen LogP contribution in [0.2, 0.25) is 0 Å². The van der Waals surface area contributed by atoms with Gasteiger partial charge >= 0.3 is 0 Å². The van der Waals surface area contributed by atoms with Crippen molar-refractivity contribution in [1.29, 1.82) is 0 Å². The molecule has 1 aliphatic carbocycles. The first-order valence-corrected chi connectivity index (χ1v) is 15.4. The third kappa shape index (κ3) is 5.89. The number of hydrogen-bond donors (Lipinski definition) is 2. The van der Waals surface area contributed by atoms with Crippen LogP contribution in [0.15, 0.2) is 102 Å². The summed E-state index contributed by atoms with van der Waals surface area (Å²) in [4.78, 5) is 27.4. The van der Waals surface area contributed by atoms with Crippen LogP contribution in [0, 0.1) is 5.92 Å². The molecule has 1 fully saturated rings. The van der Waals surface area contributed by atoms with Gasteiger partial charge in [0.15, 0.2) is 0 Å². The van der Waals surface area contributed by atoms with Gasteiger partial charge < -0.3 is 15.2 Å². The van der Waals surface area contributed by atoms with Crippen molar-refractivity contribution in [2.24, 2.45) is 5.92 Å². The van der Waals surface area contributed by atoms with Crippen molar-refractivity contribution in [3.8, 4) is 0 Å². The van der Waals surface area contributed by atoms with Crippen molar-refractivity contribution in [3.63, 3.8) is 0 Å². The molecule has 1 heterocycles. The van der Waals surface area contributed by atoms with Gasteiger partial charge in [0.25, 0.3) is 0 Å². The number of para-hydroxylation sites is 1. The second-order valence-electron chi connectivity index (χ2n) is 10.7. The average molecular weight is 562 g/mol. The molecular weight excluding hydrogens is 526 g/mol. The van der Waals surface area contributed by atoms with Crippen molar-refractivity contribution in [2.75, 3.05) is 10.6 Å². The summed E-state index contributed by atoms with van der Waals surface area (Å²) in [7, 11) is 0. The summed E-state index contributed by atoms with van der Waals surface area (Å²) in [5, 5.41) is 8.16. The second-order valence-corrected chi connectivity index (χ2v) is 11.9. The van der Waals surface area contributed by atoms with Crippen molar-refractivity contribution < 1.29 is 9.59 Å². The van der Waals surface area contributed by atoms with E-state index in [1.807, 2.05) is 60.7 Å². The molecule has 1 aliphatic rings. The minimum absolute atomic E-state index is 0.0746. The van der Waals surface area contributed by atoms with Crippen LogP contribution in [-0.4, -0.2) is 16.4 Å². The van der Waals surface area contributed by atoms with Crippen molar-refractivity contribution in [2.45, 2.75) is 55.7 Å². The van der Waals surface area contributed by atoms with E-state index >= 15 is 0 Å². The lowest BCUT2D eigenvalue weighted by molar-refractivity contribution is -0.120. The van der Waals surface area contributed by atoms with Gasteiger partial charge in [0, 0.05) is 50.5 Å². The molecule has 0 bridgehead atoms. The molecule has 2 N–H and O–H groups in total. The van der Waals surface area contributed by atoms with E-state index in [1.54, 1.807) is 0 Å². The van der Waals surface area contributed by atoms with E-state index in [-0.39, 0.29) is 17.7 Å². The monoisotopic (exact) mass is 561 g/mol. The molecule has 1 unspecified atom stereocenters. The standard InChI is InChI=1S/C35H35N3O2S/c1-2-38-31-16-10-9-15-29(31)30-23-27(19-22-32(30)38)37-35(40)33(24-11-5-3-6-12-24)41-28-20-17-26(18-21-28)36-34(39)25-13-7-4-8-14-25/h3,5-6,9-12,15-23,25,33H,2,4,7-8,13-14H2,1H3,(H,36,39)(H,37,40). The molecule has 0 aliphatic heterocycles. The highest BCUT2D eigenvalue weighted by molar-refractivity contribution is 8.00. The second kappa shape index (κ2) is 12.2. The molecule has 2 amide bonds. The van der Waals surface area contributed by atoms with Gasteiger partial charge in [0.1, 0.15) is 5.25 Å². The summed E-state index contributed by atoms with van der Waals surface area (Å²) in [5.74, 6) is 0.154. The first-order chi connectivity index (χ1) is 20.1. The van der Waals surface area contributed by atoms with Crippen LogP contribution in [0.25, 0.3) is 21.8 Å². The van der Waals surface area contributed by atoms with E-state index in [4.69, 9.17) is 0 Å². The Hall–Kier alpha value is -4.03. The summed E-state index contributed by atoms with van der Waals surface area (Å²) in [6, 6.07) is 32.3. The molecule has 41 heavy (non-hydrogen) atoms. The molecule has 0 radical (unpaired) electrons. The van der Waals surface area contributed by atoms with Gasteiger partial charge in [-0.05, 0) is 73.9 Å². The summed E-state index contributed by atoms with van der Waals surface area (Å²) in [5.41, 5.74) is 4.88. The Morgan fingerprint density at radius 2 is 1.46 bits per heavy atom. The SMILES string of the molecule is CCn1c2ccccc2c2cc(NC(=O)C(Sc3ccc(NC(=O)C4CCCCC4)cc3)c3ccccc3)ccc21. The average Bonchev–Trinajstić information content (AvgIpc) is 3.34. The number of aryl methyl sites for hydroxylation is 1. The Balaban J connectivity index is 1.21. The van der Waals surface area contributed by atoms with Crippen molar-refractivity contribution in [3.05, 3.63) is 103 Å². The highest BCUT2D eigenvalue weighted by Crippen LogP contribution is 2.38. The normalized spacial score (nSPS) is 14.7. The molecule has 6 rings (SSSR count). The predicted octanol–water partition coefficient (Wildman–Crippen LogP) is 8.81. The van der Waals surface area contributed by atoms with Gasteiger partial charge in [-0.15, -0.1) is 11.8 Å². The number of nitrogens with zero attached hydrogens (tertiary/aromatic N) is 1. The fourth-order valence-corrected chi connectivity index (χ4v) is 6.97. The van der Waals surface area contributed by atoms with Gasteiger partial charge in [-0.1, -0.05) is 67.8 Å². The molecule has 208 valence electrons. The number of carbonyl (C=O) groups is 2. The molecule has 6 heteroatoms. The molecule has 1 atom stereocenters. The van der Waals surface area contributed by atoms with Crippen LogP contribution < -0.4 is 10.6 Å². The third-order valence-corrected chi connectivity index (χ3v) is 9.31. The topological polar surface area (TPSA) is 63.1 Å². The lowest BCUT2D eigenvalue weighted by Crippen LogP contribution is -2.24.